The lowest BCUT2D eigenvalue weighted by molar-refractivity contribution is 0.273. The molecule has 0 aromatic heterocycles. The Labute approximate surface area is 127 Å². The summed E-state index contributed by atoms with van der Waals surface area (Å²) in [4.78, 5) is 0. The summed E-state index contributed by atoms with van der Waals surface area (Å²) in [6.07, 6.45) is 0.795. The van der Waals surface area contributed by atoms with E-state index in [1.807, 2.05) is 6.07 Å². The zero-order valence-electron chi connectivity index (χ0n) is 13.0. The number of nitrogens with one attached hydrogen (secondary N) is 1. The van der Waals surface area contributed by atoms with Crippen molar-refractivity contribution in [3.63, 3.8) is 0 Å². The van der Waals surface area contributed by atoms with Gasteiger partial charge in [-0.1, -0.05) is 48.5 Å². The lowest BCUT2D eigenvalue weighted by atomic mass is 9.96. The van der Waals surface area contributed by atoms with Gasteiger partial charge in [-0.05, 0) is 48.4 Å². The molecule has 2 nitrogen and oxygen atoms in total. The van der Waals surface area contributed by atoms with Crippen molar-refractivity contribution in [3.05, 3.63) is 70.8 Å². The number of aliphatic hydroxyl groups excluding tert-OH is 1. The van der Waals surface area contributed by atoms with Crippen LogP contribution in [0.1, 0.15) is 34.6 Å². The molecule has 1 atom stereocenters. The molecule has 0 saturated carbocycles. The Morgan fingerprint density at radius 3 is 2.48 bits per heavy atom. The lowest BCUT2D eigenvalue weighted by Crippen LogP contribution is -2.22. The Morgan fingerprint density at radius 1 is 1.00 bits per heavy atom. The van der Waals surface area contributed by atoms with Gasteiger partial charge in [0.25, 0.3) is 0 Å². The van der Waals surface area contributed by atoms with Gasteiger partial charge in [0.2, 0.25) is 0 Å². The van der Waals surface area contributed by atoms with E-state index in [0.29, 0.717) is 5.92 Å². The largest absolute Gasteiger partial charge is 0.396 e. The van der Waals surface area contributed by atoms with E-state index in [9.17, 15) is 5.11 Å². The van der Waals surface area contributed by atoms with E-state index >= 15 is 0 Å². The van der Waals surface area contributed by atoms with Crippen molar-refractivity contribution in [2.45, 2.75) is 32.7 Å². The molecule has 0 saturated heterocycles. The molecular formula is C19H25NO. The maximum Gasteiger partial charge on any atom is 0.0437 e. The van der Waals surface area contributed by atoms with Gasteiger partial charge in [-0.3, -0.25) is 0 Å². The molecule has 2 N–H and O–H groups in total. The van der Waals surface area contributed by atoms with Crippen molar-refractivity contribution in [2.24, 2.45) is 0 Å². The predicted molar refractivity (Wildman–Crippen MR) is 88.5 cm³/mol. The normalized spacial score (nSPS) is 12.3. The molecule has 2 heteroatoms. The summed E-state index contributed by atoms with van der Waals surface area (Å²) in [6.45, 7) is 6.32. The summed E-state index contributed by atoms with van der Waals surface area (Å²) in [7, 11) is 0. The minimum absolute atomic E-state index is 0.227. The van der Waals surface area contributed by atoms with Crippen molar-refractivity contribution in [1.29, 1.82) is 0 Å². The van der Waals surface area contributed by atoms with Crippen LogP contribution in [-0.4, -0.2) is 18.3 Å². The van der Waals surface area contributed by atoms with E-state index in [1.54, 1.807) is 0 Å². The lowest BCUT2D eigenvalue weighted by Gasteiger charge is -2.18. The molecule has 0 aliphatic rings. The van der Waals surface area contributed by atoms with Gasteiger partial charge in [-0.2, -0.15) is 0 Å². The first-order valence-electron chi connectivity index (χ1n) is 7.64. The molecule has 0 radical (unpaired) electrons. The first-order valence-corrected chi connectivity index (χ1v) is 7.64. The summed E-state index contributed by atoms with van der Waals surface area (Å²) in [6, 6.07) is 16.9. The highest BCUT2D eigenvalue weighted by Crippen LogP contribution is 2.19. The van der Waals surface area contributed by atoms with E-state index < -0.39 is 0 Å². The van der Waals surface area contributed by atoms with Crippen LogP contribution in [0.2, 0.25) is 0 Å². The van der Waals surface area contributed by atoms with Gasteiger partial charge in [0.15, 0.2) is 0 Å². The van der Waals surface area contributed by atoms with Crippen LogP contribution in [0.5, 0.6) is 0 Å². The van der Waals surface area contributed by atoms with E-state index in [0.717, 1.165) is 19.5 Å². The van der Waals surface area contributed by atoms with Crippen LogP contribution < -0.4 is 5.32 Å². The van der Waals surface area contributed by atoms with Crippen LogP contribution in [0.15, 0.2) is 48.5 Å². The standard InChI is InChI=1S/C19H25NO/c1-15-7-6-10-18(16(15)2)13-20-14-19(11-12-21)17-8-4-3-5-9-17/h3-10,19-21H,11-14H2,1-2H3. The molecule has 2 aromatic carbocycles. The highest BCUT2D eigenvalue weighted by molar-refractivity contribution is 5.33. The van der Waals surface area contributed by atoms with Crippen molar-refractivity contribution in [2.75, 3.05) is 13.2 Å². The first-order chi connectivity index (χ1) is 10.2. The van der Waals surface area contributed by atoms with Gasteiger partial charge in [0.05, 0.1) is 0 Å². The fraction of sp³-hybridized carbons (Fsp3) is 0.368. The molecule has 2 rings (SSSR count). The predicted octanol–water partition coefficient (Wildman–Crippen LogP) is 3.56. The van der Waals surface area contributed by atoms with Gasteiger partial charge >= 0.3 is 0 Å². The molecule has 2 aromatic rings. The van der Waals surface area contributed by atoms with Gasteiger partial charge in [-0.15, -0.1) is 0 Å². The van der Waals surface area contributed by atoms with Crippen LogP contribution >= 0.6 is 0 Å². The van der Waals surface area contributed by atoms with E-state index in [2.05, 4.69) is 61.6 Å². The van der Waals surface area contributed by atoms with Crippen molar-refractivity contribution < 1.29 is 5.11 Å². The Bertz CT molecular complexity index is 551. The Hall–Kier alpha value is -1.64. The molecular weight excluding hydrogens is 258 g/mol. The average Bonchev–Trinajstić information content (AvgIpc) is 2.51. The Kier molecular flexibility index (Phi) is 5.97. The summed E-state index contributed by atoms with van der Waals surface area (Å²) < 4.78 is 0. The summed E-state index contributed by atoms with van der Waals surface area (Å²) in [5, 5.41) is 12.8. The second-order valence-corrected chi connectivity index (χ2v) is 5.61. The summed E-state index contributed by atoms with van der Waals surface area (Å²) in [5.74, 6) is 0.362. The number of rotatable bonds is 7. The third-order valence-electron chi connectivity index (χ3n) is 4.17. The van der Waals surface area contributed by atoms with Crippen LogP contribution in [0.25, 0.3) is 0 Å². The molecule has 21 heavy (non-hydrogen) atoms. The minimum atomic E-state index is 0.227. The van der Waals surface area contributed by atoms with Gasteiger partial charge < -0.3 is 10.4 Å². The summed E-state index contributed by atoms with van der Waals surface area (Å²) in [5.41, 5.74) is 5.35. The van der Waals surface area contributed by atoms with Crippen molar-refractivity contribution in [3.8, 4) is 0 Å². The van der Waals surface area contributed by atoms with Crippen LogP contribution in [-0.2, 0) is 6.54 Å². The first kappa shape index (κ1) is 15.7. The fourth-order valence-electron chi connectivity index (χ4n) is 2.65. The van der Waals surface area contributed by atoms with Crippen LogP contribution in [0, 0.1) is 13.8 Å². The third kappa shape index (κ3) is 4.42. The van der Waals surface area contributed by atoms with Crippen molar-refractivity contribution >= 4 is 0 Å². The van der Waals surface area contributed by atoms with E-state index in [1.165, 1.54) is 22.3 Å². The zero-order chi connectivity index (χ0) is 15.1. The molecule has 0 heterocycles. The van der Waals surface area contributed by atoms with Gasteiger partial charge in [0, 0.05) is 19.7 Å². The Balaban J connectivity index is 1.95. The average molecular weight is 283 g/mol. The van der Waals surface area contributed by atoms with E-state index in [4.69, 9.17) is 0 Å². The quantitative estimate of drug-likeness (QED) is 0.814. The number of hydrogen-bond donors (Lipinski definition) is 2. The molecule has 0 aliphatic carbocycles. The molecule has 112 valence electrons. The molecule has 1 unspecified atom stereocenters. The van der Waals surface area contributed by atoms with E-state index in [-0.39, 0.29) is 6.61 Å². The van der Waals surface area contributed by atoms with Gasteiger partial charge in [-0.25, -0.2) is 0 Å². The topological polar surface area (TPSA) is 32.3 Å². The highest BCUT2D eigenvalue weighted by Gasteiger charge is 2.10. The number of hydrogen-bond acceptors (Lipinski definition) is 2. The maximum absolute atomic E-state index is 9.27. The SMILES string of the molecule is Cc1cccc(CNCC(CCO)c2ccccc2)c1C. The van der Waals surface area contributed by atoms with Crippen LogP contribution in [0.4, 0.5) is 0 Å². The molecule has 0 spiro atoms. The summed E-state index contributed by atoms with van der Waals surface area (Å²) >= 11 is 0. The number of benzene rings is 2. The molecule has 0 fully saturated rings. The van der Waals surface area contributed by atoms with Gasteiger partial charge in [0.1, 0.15) is 0 Å². The Morgan fingerprint density at radius 2 is 1.76 bits per heavy atom. The second-order valence-electron chi connectivity index (χ2n) is 5.61. The molecule has 0 bridgehead atoms. The third-order valence-corrected chi connectivity index (χ3v) is 4.17. The van der Waals surface area contributed by atoms with Crippen LogP contribution in [0.3, 0.4) is 0 Å². The van der Waals surface area contributed by atoms with Crippen molar-refractivity contribution in [1.82, 2.24) is 5.32 Å². The molecule has 0 aliphatic heterocycles. The second kappa shape index (κ2) is 7.96. The maximum atomic E-state index is 9.27. The monoisotopic (exact) mass is 283 g/mol. The minimum Gasteiger partial charge on any atom is -0.396 e. The molecule has 0 amide bonds. The number of aryl methyl sites for hydroxylation is 1. The zero-order valence-corrected chi connectivity index (χ0v) is 13.0. The smallest absolute Gasteiger partial charge is 0.0437 e. The number of aliphatic hydroxyl groups is 1. The fourth-order valence-corrected chi connectivity index (χ4v) is 2.65. The highest BCUT2D eigenvalue weighted by atomic mass is 16.3.